The van der Waals surface area contributed by atoms with Crippen LogP contribution in [0.2, 0.25) is 5.02 Å². The quantitative estimate of drug-likeness (QED) is 0.901. The van der Waals surface area contributed by atoms with E-state index in [4.69, 9.17) is 21.1 Å². The molecule has 1 fully saturated rings. The molecule has 1 aliphatic heterocycles. The van der Waals surface area contributed by atoms with E-state index in [-0.39, 0.29) is 17.5 Å². The molecule has 1 aliphatic rings. The van der Waals surface area contributed by atoms with Crippen molar-refractivity contribution in [2.45, 2.75) is 23.8 Å². The first-order valence-corrected chi connectivity index (χ1v) is 7.84. The second-order valence-electron chi connectivity index (χ2n) is 4.28. The third-order valence-corrected chi connectivity index (χ3v) is 4.69. The lowest BCUT2D eigenvalue weighted by Gasteiger charge is -2.12. The van der Waals surface area contributed by atoms with Gasteiger partial charge < -0.3 is 9.47 Å². The van der Waals surface area contributed by atoms with E-state index in [0.29, 0.717) is 17.4 Å². The van der Waals surface area contributed by atoms with Gasteiger partial charge in [0.1, 0.15) is 5.75 Å². The van der Waals surface area contributed by atoms with E-state index in [9.17, 15) is 8.42 Å². The zero-order chi connectivity index (χ0) is 13.9. The van der Waals surface area contributed by atoms with E-state index in [1.54, 1.807) is 0 Å². The number of sulfonamides is 1. The molecule has 1 saturated heterocycles. The minimum Gasteiger partial charge on any atom is -0.495 e. The molecule has 1 N–H and O–H groups in total. The Labute approximate surface area is 117 Å². The Morgan fingerprint density at radius 1 is 1.53 bits per heavy atom. The number of nitrogens with one attached hydrogen (secondary N) is 1. The molecule has 106 valence electrons. The summed E-state index contributed by atoms with van der Waals surface area (Å²) in [5, 5.41) is 0.376. The SMILES string of the molecule is COc1cc(S(=O)(=O)NC[C@H]2CCCO2)ccc1Cl. The second-order valence-corrected chi connectivity index (χ2v) is 6.46. The zero-order valence-electron chi connectivity index (χ0n) is 10.6. The van der Waals surface area contributed by atoms with Crippen molar-refractivity contribution in [3.05, 3.63) is 23.2 Å². The molecular weight excluding hydrogens is 290 g/mol. The van der Waals surface area contributed by atoms with Crippen LogP contribution in [0.15, 0.2) is 23.1 Å². The van der Waals surface area contributed by atoms with Gasteiger partial charge in [-0.1, -0.05) is 11.6 Å². The Balaban J connectivity index is 2.10. The zero-order valence-corrected chi connectivity index (χ0v) is 12.1. The highest BCUT2D eigenvalue weighted by molar-refractivity contribution is 7.89. The van der Waals surface area contributed by atoms with Crippen molar-refractivity contribution in [2.75, 3.05) is 20.3 Å². The summed E-state index contributed by atoms with van der Waals surface area (Å²) in [7, 11) is -2.12. The third-order valence-electron chi connectivity index (χ3n) is 2.96. The molecule has 0 spiro atoms. The normalized spacial score (nSPS) is 19.6. The molecule has 1 aromatic rings. The second kappa shape index (κ2) is 6.09. The predicted octanol–water partition coefficient (Wildman–Crippen LogP) is 1.81. The highest BCUT2D eigenvalue weighted by atomic mass is 35.5. The summed E-state index contributed by atoms with van der Waals surface area (Å²) in [4.78, 5) is 0.131. The van der Waals surface area contributed by atoms with Crippen LogP contribution in [0.3, 0.4) is 0 Å². The lowest BCUT2D eigenvalue weighted by Crippen LogP contribution is -2.31. The monoisotopic (exact) mass is 305 g/mol. The van der Waals surface area contributed by atoms with Crippen molar-refractivity contribution in [1.29, 1.82) is 0 Å². The van der Waals surface area contributed by atoms with E-state index in [2.05, 4.69) is 4.72 Å². The average molecular weight is 306 g/mol. The first-order valence-electron chi connectivity index (χ1n) is 5.98. The molecule has 0 aromatic heterocycles. The number of benzene rings is 1. The van der Waals surface area contributed by atoms with Crippen LogP contribution in [0.4, 0.5) is 0 Å². The molecule has 19 heavy (non-hydrogen) atoms. The van der Waals surface area contributed by atoms with Crippen LogP contribution in [-0.4, -0.2) is 34.8 Å². The van der Waals surface area contributed by atoms with E-state index < -0.39 is 10.0 Å². The van der Waals surface area contributed by atoms with Gasteiger partial charge in [0.2, 0.25) is 10.0 Å². The number of methoxy groups -OCH3 is 1. The molecule has 0 unspecified atom stereocenters. The van der Waals surface area contributed by atoms with Gasteiger partial charge in [-0.3, -0.25) is 0 Å². The minimum absolute atomic E-state index is 0.0380. The van der Waals surface area contributed by atoms with Crippen LogP contribution in [0.5, 0.6) is 5.75 Å². The number of rotatable bonds is 5. The fourth-order valence-corrected chi connectivity index (χ4v) is 3.17. The minimum atomic E-state index is -3.57. The summed E-state index contributed by atoms with van der Waals surface area (Å²) >= 11 is 5.87. The van der Waals surface area contributed by atoms with Crippen LogP contribution in [-0.2, 0) is 14.8 Å². The smallest absolute Gasteiger partial charge is 0.240 e. The van der Waals surface area contributed by atoms with Crippen molar-refractivity contribution >= 4 is 21.6 Å². The maximum Gasteiger partial charge on any atom is 0.240 e. The van der Waals surface area contributed by atoms with Gasteiger partial charge in [-0.25, -0.2) is 13.1 Å². The summed E-state index contributed by atoms with van der Waals surface area (Å²) in [5.41, 5.74) is 0. The molecule has 1 atom stereocenters. The lowest BCUT2D eigenvalue weighted by atomic mass is 10.2. The van der Waals surface area contributed by atoms with Crippen molar-refractivity contribution < 1.29 is 17.9 Å². The van der Waals surface area contributed by atoms with Crippen molar-refractivity contribution in [1.82, 2.24) is 4.72 Å². The van der Waals surface area contributed by atoms with Gasteiger partial charge >= 0.3 is 0 Å². The summed E-state index contributed by atoms with van der Waals surface area (Å²) in [5.74, 6) is 0.335. The standard InChI is InChI=1S/C12H16ClNO4S/c1-17-12-7-10(4-5-11(12)13)19(15,16)14-8-9-3-2-6-18-9/h4-5,7,9,14H,2-3,6,8H2,1H3/t9-/m1/s1. The molecule has 0 bridgehead atoms. The van der Waals surface area contributed by atoms with Gasteiger partial charge in [0.25, 0.3) is 0 Å². The average Bonchev–Trinajstić information content (AvgIpc) is 2.90. The number of hydrogen-bond donors (Lipinski definition) is 1. The predicted molar refractivity (Wildman–Crippen MR) is 72.2 cm³/mol. The van der Waals surface area contributed by atoms with Gasteiger partial charge in [0.05, 0.1) is 23.1 Å². The van der Waals surface area contributed by atoms with Crippen LogP contribution < -0.4 is 9.46 Å². The Morgan fingerprint density at radius 3 is 2.95 bits per heavy atom. The fourth-order valence-electron chi connectivity index (χ4n) is 1.90. The van der Waals surface area contributed by atoms with Crippen molar-refractivity contribution in [3.8, 4) is 5.75 Å². The van der Waals surface area contributed by atoms with Crippen LogP contribution in [0.1, 0.15) is 12.8 Å². The molecule has 1 heterocycles. The largest absolute Gasteiger partial charge is 0.495 e. The van der Waals surface area contributed by atoms with Crippen molar-refractivity contribution in [3.63, 3.8) is 0 Å². The molecule has 0 saturated carbocycles. The molecule has 2 rings (SSSR count). The lowest BCUT2D eigenvalue weighted by molar-refractivity contribution is 0.114. The molecule has 0 aliphatic carbocycles. The fraction of sp³-hybridized carbons (Fsp3) is 0.500. The summed E-state index contributed by atoms with van der Waals surface area (Å²) in [6.07, 6.45) is 1.82. The topological polar surface area (TPSA) is 64.6 Å². The van der Waals surface area contributed by atoms with Gasteiger partial charge in [0.15, 0.2) is 0 Å². The molecule has 0 radical (unpaired) electrons. The van der Waals surface area contributed by atoms with Crippen LogP contribution in [0.25, 0.3) is 0 Å². The summed E-state index contributed by atoms with van der Waals surface area (Å²) < 4.78 is 37.1. The van der Waals surface area contributed by atoms with Crippen LogP contribution in [0, 0.1) is 0 Å². The Hall–Kier alpha value is -0.820. The molecule has 5 nitrogen and oxygen atoms in total. The summed E-state index contributed by atoms with van der Waals surface area (Å²) in [6.45, 7) is 0.981. The molecule has 1 aromatic carbocycles. The Kier molecular flexibility index (Phi) is 4.67. The van der Waals surface area contributed by atoms with E-state index in [0.717, 1.165) is 12.8 Å². The van der Waals surface area contributed by atoms with E-state index in [1.807, 2.05) is 0 Å². The maximum atomic E-state index is 12.1. The molecule has 0 amide bonds. The number of halogens is 1. The first kappa shape index (κ1) is 14.6. The number of hydrogen-bond acceptors (Lipinski definition) is 4. The van der Waals surface area contributed by atoms with Gasteiger partial charge in [-0.15, -0.1) is 0 Å². The van der Waals surface area contributed by atoms with E-state index >= 15 is 0 Å². The first-order chi connectivity index (χ1) is 9.03. The Bertz CT molecular complexity index is 541. The highest BCUT2D eigenvalue weighted by Crippen LogP contribution is 2.27. The maximum absolute atomic E-state index is 12.1. The van der Waals surface area contributed by atoms with Crippen molar-refractivity contribution in [2.24, 2.45) is 0 Å². The summed E-state index contributed by atoms with van der Waals surface area (Å²) in [6, 6.07) is 4.35. The third kappa shape index (κ3) is 3.60. The van der Waals surface area contributed by atoms with Gasteiger partial charge in [0, 0.05) is 19.2 Å². The Morgan fingerprint density at radius 2 is 2.32 bits per heavy atom. The molecule has 7 heteroatoms. The van der Waals surface area contributed by atoms with Crippen LogP contribution >= 0.6 is 11.6 Å². The number of ether oxygens (including phenoxy) is 2. The van der Waals surface area contributed by atoms with Gasteiger partial charge in [-0.05, 0) is 25.0 Å². The van der Waals surface area contributed by atoms with E-state index in [1.165, 1.54) is 25.3 Å². The molecular formula is C12H16ClNO4S. The highest BCUT2D eigenvalue weighted by Gasteiger charge is 2.21. The van der Waals surface area contributed by atoms with Gasteiger partial charge in [-0.2, -0.15) is 0 Å².